The van der Waals surface area contributed by atoms with Crippen molar-refractivity contribution in [2.45, 2.75) is 30.7 Å². The summed E-state index contributed by atoms with van der Waals surface area (Å²) < 4.78 is 83.0. The zero-order valence-electron chi connectivity index (χ0n) is 14.7. The highest BCUT2D eigenvalue weighted by Gasteiger charge is 2.52. The van der Waals surface area contributed by atoms with Crippen molar-refractivity contribution in [3.63, 3.8) is 0 Å². The fourth-order valence-electron chi connectivity index (χ4n) is 2.88. The number of aliphatic carboxylic acids is 1. The van der Waals surface area contributed by atoms with Crippen LogP contribution in [0.15, 0.2) is 24.3 Å². The van der Waals surface area contributed by atoms with Crippen LogP contribution in [0.25, 0.3) is 0 Å². The third kappa shape index (κ3) is 6.31. The molecule has 2 unspecified atom stereocenters. The largest absolute Gasteiger partial charge is 0.490 e. The van der Waals surface area contributed by atoms with E-state index in [1.165, 1.54) is 12.1 Å². The average molecular weight is 430 g/mol. The normalized spacial score (nSPS) is 21.5. The maximum absolute atomic E-state index is 12.9. The highest BCUT2D eigenvalue weighted by Crippen LogP contribution is 2.46. The molecule has 2 N–H and O–H groups in total. The minimum absolute atomic E-state index is 0.0702. The van der Waals surface area contributed by atoms with Crippen LogP contribution in [0.3, 0.4) is 0 Å². The lowest BCUT2D eigenvalue weighted by molar-refractivity contribution is -0.192. The third-order valence-electron chi connectivity index (χ3n) is 4.52. The molecular weight excluding hydrogens is 413 g/mol. The number of carbonyl (C=O) groups is 2. The van der Waals surface area contributed by atoms with E-state index in [9.17, 15) is 35.5 Å². The maximum Gasteiger partial charge on any atom is 0.490 e. The molecule has 1 aliphatic heterocycles. The van der Waals surface area contributed by atoms with Gasteiger partial charge in [0, 0.05) is 37.5 Å². The van der Waals surface area contributed by atoms with Crippen LogP contribution in [-0.4, -0.2) is 59.9 Å². The number of nitrogens with one attached hydrogen (secondary N) is 1. The SMILES string of the molecule is O=C(N(CC1CNC1)C1CC1c1ccc(F)cc1)C(F)(F)F.O=C(O)C(F)(F)F. The average Bonchev–Trinajstić information content (AvgIpc) is 3.33. The predicted octanol–water partition coefficient (Wildman–Crippen LogP) is 2.93. The Morgan fingerprint density at radius 3 is 1.93 bits per heavy atom. The molecule has 5 nitrogen and oxygen atoms in total. The van der Waals surface area contributed by atoms with E-state index in [1.54, 1.807) is 12.1 Å². The molecule has 29 heavy (non-hydrogen) atoms. The second-order valence-corrected chi connectivity index (χ2v) is 6.74. The lowest BCUT2D eigenvalue weighted by Crippen LogP contribution is -2.52. The Morgan fingerprint density at radius 1 is 1.03 bits per heavy atom. The Bertz CT molecular complexity index is 730. The standard InChI is InChI=1S/C15H16F4N2O.C2HF3O2/c16-11-3-1-10(2-4-11)12-5-13(12)21(8-9-6-20-7-9)14(22)15(17,18)19;3-2(4,5)1(6)7/h1-4,9,12-13,20H,5-8H2;(H,6,7). The van der Waals surface area contributed by atoms with Crippen LogP contribution in [0.1, 0.15) is 17.9 Å². The Balaban J connectivity index is 0.000000370. The van der Waals surface area contributed by atoms with Crippen molar-refractivity contribution >= 4 is 11.9 Å². The summed E-state index contributed by atoms with van der Waals surface area (Å²) in [5.74, 6) is -4.98. The van der Waals surface area contributed by atoms with Gasteiger partial charge >= 0.3 is 24.2 Å². The maximum atomic E-state index is 12.9. The van der Waals surface area contributed by atoms with Crippen molar-refractivity contribution in [1.29, 1.82) is 0 Å². The van der Waals surface area contributed by atoms with E-state index >= 15 is 0 Å². The molecular formula is C17H17F7N2O3. The van der Waals surface area contributed by atoms with Gasteiger partial charge < -0.3 is 15.3 Å². The zero-order valence-corrected chi connectivity index (χ0v) is 14.7. The number of carboxylic acids is 1. The van der Waals surface area contributed by atoms with E-state index in [2.05, 4.69) is 5.32 Å². The number of alkyl halides is 6. The minimum Gasteiger partial charge on any atom is -0.475 e. The number of hydrogen-bond acceptors (Lipinski definition) is 3. The van der Waals surface area contributed by atoms with Crippen molar-refractivity contribution in [2.75, 3.05) is 19.6 Å². The summed E-state index contributed by atoms with van der Waals surface area (Å²) in [6.45, 7) is 1.39. The van der Waals surface area contributed by atoms with Gasteiger partial charge in [-0.1, -0.05) is 12.1 Å². The van der Waals surface area contributed by atoms with Crippen LogP contribution >= 0.6 is 0 Å². The lowest BCUT2D eigenvalue weighted by atomic mass is 10.0. The summed E-state index contributed by atoms with van der Waals surface area (Å²) >= 11 is 0. The molecule has 1 amide bonds. The summed E-state index contributed by atoms with van der Waals surface area (Å²) in [5.41, 5.74) is 0.776. The van der Waals surface area contributed by atoms with Crippen molar-refractivity contribution in [2.24, 2.45) is 5.92 Å². The molecule has 0 spiro atoms. The zero-order chi connectivity index (χ0) is 22.0. The highest BCUT2D eigenvalue weighted by atomic mass is 19.4. The molecule has 0 bridgehead atoms. The van der Waals surface area contributed by atoms with Crippen LogP contribution in [0, 0.1) is 11.7 Å². The molecule has 3 rings (SSSR count). The summed E-state index contributed by atoms with van der Waals surface area (Å²) in [5, 5.41) is 10.1. The van der Waals surface area contributed by atoms with Gasteiger partial charge in [0.15, 0.2) is 0 Å². The molecule has 1 saturated carbocycles. The summed E-state index contributed by atoms with van der Waals surface area (Å²) in [6, 6.07) is 5.27. The fraction of sp³-hybridized carbons (Fsp3) is 0.529. The van der Waals surface area contributed by atoms with Gasteiger partial charge in [-0.3, -0.25) is 4.79 Å². The van der Waals surface area contributed by atoms with E-state index in [4.69, 9.17) is 9.90 Å². The topological polar surface area (TPSA) is 69.6 Å². The second kappa shape index (κ2) is 8.56. The molecule has 12 heteroatoms. The first-order valence-electron chi connectivity index (χ1n) is 8.44. The number of nitrogens with zero attached hydrogens (tertiary/aromatic N) is 1. The summed E-state index contributed by atoms with van der Waals surface area (Å²) in [6.07, 6.45) is -9.44. The molecule has 0 radical (unpaired) electrons. The quantitative estimate of drug-likeness (QED) is 0.721. The van der Waals surface area contributed by atoms with Gasteiger partial charge in [-0.2, -0.15) is 26.3 Å². The fourth-order valence-corrected chi connectivity index (χ4v) is 2.88. The van der Waals surface area contributed by atoms with Crippen molar-refractivity contribution in [1.82, 2.24) is 10.2 Å². The molecule has 2 aliphatic rings. The Morgan fingerprint density at radius 2 is 1.55 bits per heavy atom. The molecule has 1 aliphatic carbocycles. The number of carboxylic acid groups (broad SMARTS) is 1. The smallest absolute Gasteiger partial charge is 0.475 e. The van der Waals surface area contributed by atoms with E-state index in [0.29, 0.717) is 19.5 Å². The first-order chi connectivity index (χ1) is 13.3. The van der Waals surface area contributed by atoms with Crippen LogP contribution < -0.4 is 5.32 Å². The van der Waals surface area contributed by atoms with E-state index in [-0.39, 0.29) is 24.2 Å². The monoisotopic (exact) mass is 430 g/mol. The van der Waals surface area contributed by atoms with E-state index in [0.717, 1.165) is 10.5 Å². The molecule has 0 aromatic heterocycles. The molecule has 2 fully saturated rings. The second-order valence-electron chi connectivity index (χ2n) is 6.74. The molecule has 1 heterocycles. The van der Waals surface area contributed by atoms with E-state index in [1.807, 2.05) is 0 Å². The van der Waals surface area contributed by atoms with Gasteiger partial charge in [-0.25, -0.2) is 9.18 Å². The Hall–Kier alpha value is -2.37. The summed E-state index contributed by atoms with van der Waals surface area (Å²) in [4.78, 5) is 21.5. The Kier molecular flexibility index (Phi) is 6.76. The van der Waals surface area contributed by atoms with E-state index < -0.39 is 30.3 Å². The summed E-state index contributed by atoms with van der Waals surface area (Å²) in [7, 11) is 0. The molecule has 1 aromatic rings. The van der Waals surface area contributed by atoms with Gasteiger partial charge in [0.25, 0.3) is 0 Å². The highest BCUT2D eigenvalue weighted by molar-refractivity contribution is 5.82. The number of amides is 1. The van der Waals surface area contributed by atoms with Crippen molar-refractivity contribution < 1.29 is 45.4 Å². The van der Waals surface area contributed by atoms with Crippen molar-refractivity contribution in [3.05, 3.63) is 35.6 Å². The predicted molar refractivity (Wildman–Crippen MR) is 85.4 cm³/mol. The van der Waals surface area contributed by atoms with Gasteiger partial charge in [0.2, 0.25) is 0 Å². The number of rotatable bonds is 4. The van der Waals surface area contributed by atoms with Gasteiger partial charge in [0.1, 0.15) is 5.82 Å². The molecule has 162 valence electrons. The van der Waals surface area contributed by atoms with Gasteiger partial charge in [-0.15, -0.1) is 0 Å². The van der Waals surface area contributed by atoms with Crippen molar-refractivity contribution in [3.8, 4) is 0 Å². The third-order valence-corrected chi connectivity index (χ3v) is 4.52. The molecule has 1 saturated heterocycles. The molecule has 1 aromatic carbocycles. The van der Waals surface area contributed by atoms with Gasteiger partial charge in [0.05, 0.1) is 0 Å². The number of carbonyl (C=O) groups excluding carboxylic acids is 1. The number of hydrogen-bond donors (Lipinski definition) is 2. The minimum atomic E-state index is -5.08. The first-order valence-corrected chi connectivity index (χ1v) is 8.44. The lowest BCUT2D eigenvalue weighted by Gasteiger charge is -2.34. The number of benzene rings is 1. The van der Waals surface area contributed by atoms with Crippen LogP contribution in [0.2, 0.25) is 0 Å². The Labute approximate surface area is 160 Å². The van der Waals surface area contributed by atoms with Crippen LogP contribution in [0.5, 0.6) is 0 Å². The van der Waals surface area contributed by atoms with Crippen LogP contribution in [-0.2, 0) is 9.59 Å². The molecule has 2 atom stereocenters. The number of halogens is 7. The first kappa shape index (κ1) is 22.9. The van der Waals surface area contributed by atoms with Crippen LogP contribution in [0.4, 0.5) is 30.7 Å². The van der Waals surface area contributed by atoms with Gasteiger partial charge in [-0.05, 0) is 24.1 Å².